The fourth-order valence-corrected chi connectivity index (χ4v) is 4.83. The molecule has 1 N–H and O–H groups in total. The van der Waals surface area contributed by atoms with E-state index in [-0.39, 0.29) is 24.3 Å². The highest BCUT2D eigenvalue weighted by Gasteiger charge is 2.36. The van der Waals surface area contributed by atoms with Crippen molar-refractivity contribution >= 4 is 11.8 Å². The average Bonchev–Trinajstić information content (AvgIpc) is 3.67. The Labute approximate surface area is 222 Å². The van der Waals surface area contributed by atoms with Crippen molar-refractivity contribution < 1.29 is 33.0 Å². The average molecular weight is 523 g/mol. The first-order chi connectivity index (χ1) is 18.5. The zero-order chi connectivity index (χ0) is 27.1. The lowest BCUT2D eigenvalue weighted by atomic mass is 10.0. The van der Waals surface area contributed by atoms with Crippen LogP contribution in [0.4, 0.5) is 0 Å². The third kappa shape index (κ3) is 5.88. The Kier molecular flexibility index (Phi) is 8.78. The van der Waals surface area contributed by atoms with Gasteiger partial charge >= 0.3 is 0 Å². The number of rotatable bonds is 11. The first-order valence-corrected chi connectivity index (χ1v) is 12.6. The van der Waals surface area contributed by atoms with Crippen molar-refractivity contribution in [3.8, 4) is 23.0 Å². The highest BCUT2D eigenvalue weighted by Crippen LogP contribution is 2.41. The number of hydrogen-bond donors (Lipinski definition) is 1. The second-order valence-corrected chi connectivity index (χ2v) is 9.11. The van der Waals surface area contributed by atoms with Crippen LogP contribution in [0.2, 0.25) is 0 Å². The second-order valence-electron chi connectivity index (χ2n) is 9.11. The van der Waals surface area contributed by atoms with Crippen LogP contribution >= 0.6 is 0 Å². The van der Waals surface area contributed by atoms with Gasteiger partial charge in [-0.1, -0.05) is 25.0 Å². The highest BCUT2D eigenvalue weighted by molar-refractivity contribution is 5.96. The van der Waals surface area contributed by atoms with Gasteiger partial charge in [0, 0.05) is 12.6 Å². The van der Waals surface area contributed by atoms with Crippen LogP contribution < -0.4 is 24.3 Å². The molecular weight excluding hydrogens is 488 g/mol. The largest absolute Gasteiger partial charge is 0.497 e. The summed E-state index contributed by atoms with van der Waals surface area (Å²) in [6.07, 6.45) is 5.35. The lowest BCUT2D eigenvalue weighted by Gasteiger charge is -2.32. The molecule has 0 spiro atoms. The summed E-state index contributed by atoms with van der Waals surface area (Å²) < 4.78 is 27.4. The van der Waals surface area contributed by atoms with Crippen LogP contribution in [-0.4, -0.2) is 51.2 Å². The Balaban J connectivity index is 1.83. The van der Waals surface area contributed by atoms with Crippen molar-refractivity contribution in [1.82, 2.24) is 10.2 Å². The Morgan fingerprint density at radius 3 is 2.13 bits per heavy atom. The van der Waals surface area contributed by atoms with E-state index >= 15 is 0 Å². The van der Waals surface area contributed by atoms with E-state index < -0.39 is 11.9 Å². The number of furan rings is 1. The second kappa shape index (κ2) is 12.4. The number of methoxy groups -OCH3 is 4. The molecule has 0 bridgehead atoms. The Morgan fingerprint density at radius 2 is 1.61 bits per heavy atom. The summed E-state index contributed by atoms with van der Waals surface area (Å²) in [5.74, 6) is 1.27. The molecule has 0 aliphatic heterocycles. The maximum Gasteiger partial charge on any atom is 0.290 e. The highest BCUT2D eigenvalue weighted by atomic mass is 16.5. The van der Waals surface area contributed by atoms with E-state index in [0.29, 0.717) is 28.6 Å². The first-order valence-electron chi connectivity index (χ1n) is 12.6. The lowest BCUT2D eigenvalue weighted by molar-refractivity contribution is -0.126. The standard InChI is InChI=1S/C29H34N2O7/c1-34-22-13-11-19(12-14-22)18-31(29(33)23-10-7-15-38-23)26(28(32)30-21-8-5-6-9-21)20-16-24(35-2)27(37-4)25(17-20)36-3/h7,10-17,21,26H,5-6,8-9,18H2,1-4H3,(H,30,32). The van der Waals surface area contributed by atoms with E-state index in [2.05, 4.69) is 5.32 Å². The monoisotopic (exact) mass is 522 g/mol. The van der Waals surface area contributed by atoms with Crippen LogP contribution in [0.25, 0.3) is 0 Å². The molecule has 2 aromatic carbocycles. The summed E-state index contributed by atoms with van der Waals surface area (Å²) >= 11 is 0. The van der Waals surface area contributed by atoms with E-state index in [1.54, 1.807) is 31.4 Å². The van der Waals surface area contributed by atoms with Gasteiger partial charge in [-0.15, -0.1) is 0 Å². The summed E-state index contributed by atoms with van der Waals surface area (Å²) in [4.78, 5) is 29.4. The van der Waals surface area contributed by atoms with Crippen molar-refractivity contribution in [2.24, 2.45) is 0 Å². The van der Waals surface area contributed by atoms with E-state index in [4.69, 9.17) is 23.4 Å². The van der Waals surface area contributed by atoms with Crippen LogP contribution in [0.3, 0.4) is 0 Å². The minimum Gasteiger partial charge on any atom is -0.497 e. The summed E-state index contributed by atoms with van der Waals surface area (Å²) in [5.41, 5.74) is 1.33. The van der Waals surface area contributed by atoms with Gasteiger partial charge in [-0.25, -0.2) is 0 Å². The number of benzene rings is 2. The fourth-order valence-electron chi connectivity index (χ4n) is 4.83. The maximum absolute atomic E-state index is 14.0. The third-order valence-corrected chi connectivity index (χ3v) is 6.77. The van der Waals surface area contributed by atoms with Gasteiger partial charge in [0.15, 0.2) is 17.3 Å². The van der Waals surface area contributed by atoms with Gasteiger partial charge in [0.1, 0.15) is 11.8 Å². The molecule has 1 aliphatic rings. The van der Waals surface area contributed by atoms with Crippen molar-refractivity contribution in [3.63, 3.8) is 0 Å². The number of ether oxygens (including phenoxy) is 4. The van der Waals surface area contributed by atoms with Gasteiger partial charge in [0.2, 0.25) is 11.7 Å². The van der Waals surface area contributed by atoms with Gasteiger partial charge < -0.3 is 33.6 Å². The molecule has 1 aromatic heterocycles. The summed E-state index contributed by atoms with van der Waals surface area (Å²) in [6, 6.07) is 13.0. The maximum atomic E-state index is 14.0. The molecule has 1 saturated carbocycles. The summed E-state index contributed by atoms with van der Waals surface area (Å²) in [5, 5.41) is 3.17. The molecule has 1 heterocycles. The van der Waals surface area contributed by atoms with Crippen LogP contribution in [0.1, 0.15) is 53.4 Å². The molecular formula is C29H34N2O7. The Hall–Kier alpha value is -4.14. The molecule has 0 saturated heterocycles. The van der Waals surface area contributed by atoms with E-state index in [9.17, 15) is 9.59 Å². The number of nitrogens with one attached hydrogen (secondary N) is 1. The van der Waals surface area contributed by atoms with Crippen molar-refractivity contribution in [1.29, 1.82) is 0 Å². The van der Waals surface area contributed by atoms with Crippen LogP contribution in [0, 0.1) is 0 Å². The zero-order valence-electron chi connectivity index (χ0n) is 22.2. The van der Waals surface area contributed by atoms with Crippen molar-refractivity contribution in [3.05, 3.63) is 71.7 Å². The quantitative estimate of drug-likeness (QED) is 0.388. The van der Waals surface area contributed by atoms with Crippen LogP contribution in [0.15, 0.2) is 59.2 Å². The van der Waals surface area contributed by atoms with Crippen molar-refractivity contribution in [2.75, 3.05) is 28.4 Å². The predicted molar refractivity (Wildman–Crippen MR) is 141 cm³/mol. The molecule has 202 valence electrons. The molecule has 1 unspecified atom stereocenters. The number of carbonyl (C=O) groups excluding carboxylic acids is 2. The normalized spacial score (nSPS) is 14.0. The van der Waals surface area contributed by atoms with Gasteiger partial charge in [-0.2, -0.15) is 0 Å². The molecule has 1 aliphatic carbocycles. The van der Waals surface area contributed by atoms with E-state index in [0.717, 1.165) is 31.2 Å². The molecule has 4 rings (SSSR count). The first kappa shape index (κ1) is 26.9. The van der Waals surface area contributed by atoms with Gasteiger partial charge in [0.25, 0.3) is 5.91 Å². The zero-order valence-corrected chi connectivity index (χ0v) is 22.2. The van der Waals surface area contributed by atoms with Crippen LogP contribution in [0.5, 0.6) is 23.0 Å². The molecule has 1 fully saturated rings. The number of carbonyl (C=O) groups is 2. The van der Waals surface area contributed by atoms with Gasteiger partial charge in [0.05, 0.1) is 34.7 Å². The minimum absolute atomic E-state index is 0.0496. The molecule has 3 aromatic rings. The Morgan fingerprint density at radius 1 is 0.947 bits per heavy atom. The topological polar surface area (TPSA) is 99.5 Å². The van der Waals surface area contributed by atoms with E-state index in [1.807, 2.05) is 24.3 Å². The molecule has 0 radical (unpaired) electrons. The predicted octanol–water partition coefficient (Wildman–Crippen LogP) is 4.76. The molecule has 38 heavy (non-hydrogen) atoms. The smallest absolute Gasteiger partial charge is 0.290 e. The number of hydrogen-bond acceptors (Lipinski definition) is 7. The van der Waals surface area contributed by atoms with Crippen LogP contribution in [-0.2, 0) is 11.3 Å². The minimum atomic E-state index is -1.01. The SMILES string of the molecule is COc1ccc(CN(C(=O)c2ccco2)C(C(=O)NC2CCCC2)c2cc(OC)c(OC)c(OC)c2)cc1. The molecule has 1 atom stereocenters. The van der Waals surface area contributed by atoms with E-state index in [1.165, 1.54) is 32.5 Å². The van der Waals surface area contributed by atoms with Crippen molar-refractivity contribution in [2.45, 2.75) is 44.3 Å². The number of nitrogens with zero attached hydrogens (tertiary/aromatic N) is 1. The lowest BCUT2D eigenvalue weighted by Crippen LogP contribution is -2.45. The molecule has 9 nitrogen and oxygen atoms in total. The van der Waals surface area contributed by atoms with Gasteiger partial charge in [-0.05, 0) is 60.4 Å². The molecule has 2 amide bonds. The third-order valence-electron chi connectivity index (χ3n) is 6.77. The number of amides is 2. The fraction of sp³-hybridized carbons (Fsp3) is 0.379. The van der Waals surface area contributed by atoms with Gasteiger partial charge in [-0.3, -0.25) is 9.59 Å². The summed E-state index contributed by atoms with van der Waals surface area (Å²) in [6.45, 7) is 0.142. The Bertz CT molecular complexity index is 1190. The summed E-state index contributed by atoms with van der Waals surface area (Å²) in [7, 11) is 6.13. The molecule has 9 heteroatoms.